The molecular formula is C16H14Cl2N2O2. The zero-order valence-corrected chi connectivity index (χ0v) is 13.1. The van der Waals surface area contributed by atoms with E-state index in [9.17, 15) is 9.90 Å². The number of aliphatic hydroxyl groups is 1. The highest BCUT2D eigenvalue weighted by molar-refractivity contribution is 6.42. The summed E-state index contributed by atoms with van der Waals surface area (Å²) in [5.41, 5.74) is 2.09. The number of halogens is 2. The van der Waals surface area contributed by atoms with Crippen LogP contribution in [0.25, 0.3) is 0 Å². The summed E-state index contributed by atoms with van der Waals surface area (Å²) in [6.45, 7) is -0.146. The van der Waals surface area contributed by atoms with Gasteiger partial charge in [-0.3, -0.25) is 9.78 Å². The minimum atomic E-state index is -0.146. The van der Waals surface area contributed by atoms with Crippen LogP contribution in [0.15, 0.2) is 36.7 Å². The minimum absolute atomic E-state index is 0.0837. The van der Waals surface area contributed by atoms with Crippen LogP contribution < -0.4 is 5.32 Å². The SMILES string of the molecule is O=C(Nc1cnccc1CO)C1CC1c1cccc(Cl)c1Cl. The number of pyridine rings is 1. The molecule has 1 fully saturated rings. The first kappa shape index (κ1) is 15.3. The standard InChI is InChI=1S/C16H14Cl2N2O2/c17-13-3-1-2-10(15(13)18)11-6-12(11)16(22)20-14-7-19-5-4-9(14)8-21/h1-5,7,11-12,21H,6,8H2,(H,20,22). The van der Waals surface area contributed by atoms with Crippen LogP contribution in [-0.2, 0) is 11.4 Å². The van der Waals surface area contributed by atoms with Crippen molar-refractivity contribution in [3.8, 4) is 0 Å². The fraction of sp³-hybridized carbons (Fsp3) is 0.250. The summed E-state index contributed by atoms with van der Waals surface area (Å²) in [5.74, 6) is -0.146. The molecule has 1 aliphatic rings. The number of nitrogens with one attached hydrogen (secondary N) is 1. The van der Waals surface area contributed by atoms with E-state index in [4.69, 9.17) is 23.2 Å². The number of aliphatic hydroxyl groups excluding tert-OH is 1. The van der Waals surface area contributed by atoms with Gasteiger partial charge in [0, 0.05) is 17.7 Å². The fourth-order valence-corrected chi connectivity index (χ4v) is 2.98. The maximum Gasteiger partial charge on any atom is 0.228 e. The molecule has 2 atom stereocenters. The normalized spacial score (nSPS) is 19.8. The van der Waals surface area contributed by atoms with Gasteiger partial charge in [0.15, 0.2) is 0 Å². The largest absolute Gasteiger partial charge is 0.392 e. The Balaban J connectivity index is 1.72. The highest BCUT2D eigenvalue weighted by Crippen LogP contribution is 2.51. The van der Waals surface area contributed by atoms with E-state index in [0.29, 0.717) is 21.3 Å². The molecule has 1 heterocycles. The number of benzene rings is 1. The van der Waals surface area contributed by atoms with Crippen LogP contribution >= 0.6 is 23.2 Å². The Kier molecular flexibility index (Phi) is 4.34. The van der Waals surface area contributed by atoms with Gasteiger partial charge in [0.05, 0.1) is 28.5 Å². The molecule has 1 aromatic heterocycles. The number of amides is 1. The summed E-state index contributed by atoms with van der Waals surface area (Å²) in [5, 5.41) is 13.1. The lowest BCUT2D eigenvalue weighted by atomic mass is 10.1. The number of anilines is 1. The topological polar surface area (TPSA) is 62.2 Å². The first-order valence-corrected chi connectivity index (χ1v) is 7.66. The number of hydrogen-bond acceptors (Lipinski definition) is 3. The first-order valence-electron chi connectivity index (χ1n) is 6.90. The van der Waals surface area contributed by atoms with Crippen molar-refractivity contribution in [2.45, 2.75) is 18.9 Å². The van der Waals surface area contributed by atoms with E-state index in [1.807, 2.05) is 12.1 Å². The van der Waals surface area contributed by atoms with Gasteiger partial charge in [-0.1, -0.05) is 35.3 Å². The van der Waals surface area contributed by atoms with E-state index in [2.05, 4.69) is 10.3 Å². The number of rotatable bonds is 4. The van der Waals surface area contributed by atoms with Crippen LogP contribution in [0.4, 0.5) is 5.69 Å². The van der Waals surface area contributed by atoms with Crippen LogP contribution in [0.5, 0.6) is 0 Å². The second kappa shape index (κ2) is 6.24. The Morgan fingerprint density at radius 1 is 1.36 bits per heavy atom. The van der Waals surface area contributed by atoms with E-state index in [1.54, 1.807) is 18.3 Å². The van der Waals surface area contributed by atoms with E-state index in [1.165, 1.54) is 6.20 Å². The molecule has 0 radical (unpaired) electrons. The van der Waals surface area contributed by atoms with Crippen molar-refractivity contribution in [3.63, 3.8) is 0 Å². The Morgan fingerprint density at radius 3 is 2.95 bits per heavy atom. The summed E-state index contributed by atoms with van der Waals surface area (Å²) >= 11 is 12.2. The lowest BCUT2D eigenvalue weighted by molar-refractivity contribution is -0.117. The van der Waals surface area contributed by atoms with E-state index in [0.717, 1.165) is 12.0 Å². The average Bonchev–Trinajstić information content (AvgIpc) is 3.31. The molecule has 0 bridgehead atoms. The number of hydrogen-bond donors (Lipinski definition) is 2. The molecule has 2 unspecified atom stereocenters. The van der Waals surface area contributed by atoms with Crippen molar-refractivity contribution < 1.29 is 9.90 Å². The first-order chi connectivity index (χ1) is 10.6. The quantitative estimate of drug-likeness (QED) is 0.896. The van der Waals surface area contributed by atoms with Crippen molar-refractivity contribution in [1.29, 1.82) is 0 Å². The van der Waals surface area contributed by atoms with Gasteiger partial charge >= 0.3 is 0 Å². The van der Waals surface area contributed by atoms with Crippen molar-refractivity contribution in [1.82, 2.24) is 4.98 Å². The summed E-state index contributed by atoms with van der Waals surface area (Å²) in [6, 6.07) is 7.14. The zero-order valence-electron chi connectivity index (χ0n) is 11.6. The van der Waals surface area contributed by atoms with Gasteiger partial charge in [-0.15, -0.1) is 0 Å². The van der Waals surface area contributed by atoms with Gasteiger partial charge in [-0.05, 0) is 30.0 Å². The number of nitrogens with zero attached hydrogens (tertiary/aromatic N) is 1. The minimum Gasteiger partial charge on any atom is -0.392 e. The molecule has 2 aromatic rings. The molecule has 2 N–H and O–H groups in total. The van der Waals surface area contributed by atoms with Crippen molar-refractivity contribution >= 4 is 34.8 Å². The van der Waals surface area contributed by atoms with Crippen molar-refractivity contribution in [2.75, 3.05) is 5.32 Å². The maximum absolute atomic E-state index is 12.3. The van der Waals surface area contributed by atoms with E-state index in [-0.39, 0.29) is 24.3 Å². The Morgan fingerprint density at radius 2 is 2.18 bits per heavy atom. The predicted molar refractivity (Wildman–Crippen MR) is 86.1 cm³/mol. The predicted octanol–water partition coefficient (Wildman–Crippen LogP) is 3.62. The molecule has 1 amide bonds. The second-order valence-corrected chi connectivity index (χ2v) is 6.06. The highest BCUT2D eigenvalue weighted by atomic mass is 35.5. The second-order valence-electron chi connectivity index (χ2n) is 5.27. The van der Waals surface area contributed by atoms with Gasteiger partial charge in [0.25, 0.3) is 0 Å². The fourth-order valence-electron chi connectivity index (χ4n) is 2.53. The van der Waals surface area contributed by atoms with Gasteiger partial charge in [0.2, 0.25) is 5.91 Å². The Hall–Kier alpha value is -1.62. The van der Waals surface area contributed by atoms with E-state index >= 15 is 0 Å². The van der Waals surface area contributed by atoms with Gasteiger partial charge in [0.1, 0.15) is 0 Å². The molecule has 1 aromatic carbocycles. The van der Waals surface area contributed by atoms with Crippen LogP contribution in [0, 0.1) is 5.92 Å². The molecular weight excluding hydrogens is 323 g/mol. The number of carbonyl (C=O) groups is 1. The van der Waals surface area contributed by atoms with Crippen LogP contribution in [0.3, 0.4) is 0 Å². The molecule has 6 heteroatoms. The molecule has 1 saturated carbocycles. The molecule has 1 aliphatic carbocycles. The summed E-state index contributed by atoms with van der Waals surface area (Å²) in [6.07, 6.45) is 3.85. The van der Waals surface area contributed by atoms with Gasteiger partial charge in [-0.2, -0.15) is 0 Å². The zero-order chi connectivity index (χ0) is 15.7. The third-order valence-electron chi connectivity index (χ3n) is 3.85. The third kappa shape index (κ3) is 2.95. The lowest BCUT2D eigenvalue weighted by Gasteiger charge is -2.09. The monoisotopic (exact) mass is 336 g/mol. The van der Waals surface area contributed by atoms with E-state index < -0.39 is 0 Å². The lowest BCUT2D eigenvalue weighted by Crippen LogP contribution is -2.16. The molecule has 0 aliphatic heterocycles. The molecule has 3 rings (SSSR count). The average molecular weight is 337 g/mol. The van der Waals surface area contributed by atoms with Gasteiger partial charge in [-0.25, -0.2) is 0 Å². The summed E-state index contributed by atoms with van der Waals surface area (Å²) in [7, 11) is 0. The molecule has 22 heavy (non-hydrogen) atoms. The maximum atomic E-state index is 12.3. The molecule has 0 saturated heterocycles. The third-order valence-corrected chi connectivity index (χ3v) is 4.68. The van der Waals surface area contributed by atoms with Crippen LogP contribution in [-0.4, -0.2) is 16.0 Å². The van der Waals surface area contributed by atoms with Crippen LogP contribution in [0.2, 0.25) is 10.0 Å². The molecule has 0 spiro atoms. The van der Waals surface area contributed by atoms with Crippen LogP contribution in [0.1, 0.15) is 23.5 Å². The number of aromatic nitrogens is 1. The smallest absolute Gasteiger partial charge is 0.228 e. The Bertz CT molecular complexity index is 721. The Labute approximate surface area is 138 Å². The van der Waals surface area contributed by atoms with Crippen molar-refractivity contribution in [2.24, 2.45) is 5.92 Å². The van der Waals surface area contributed by atoms with Crippen molar-refractivity contribution in [3.05, 3.63) is 57.8 Å². The molecule has 4 nitrogen and oxygen atoms in total. The highest BCUT2D eigenvalue weighted by Gasteiger charge is 2.45. The number of carbonyl (C=O) groups excluding carboxylic acids is 1. The van der Waals surface area contributed by atoms with Gasteiger partial charge < -0.3 is 10.4 Å². The summed E-state index contributed by atoms with van der Waals surface area (Å²) in [4.78, 5) is 16.3. The molecule has 114 valence electrons. The summed E-state index contributed by atoms with van der Waals surface area (Å²) < 4.78 is 0.